The Morgan fingerprint density at radius 3 is 2.62 bits per heavy atom. The number of benzene rings is 1. The van der Waals surface area contributed by atoms with Gasteiger partial charge in [0.2, 0.25) is 0 Å². The molecule has 0 aliphatic rings. The summed E-state index contributed by atoms with van der Waals surface area (Å²) in [6.45, 7) is 0.771. The van der Waals surface area contributed by atoms with Gasteiger partial charge in [-0.25, -0.2) is 4.98 Å². The van der Waals surface area contributed by atoms with Crippen molar-refractivity contribution in [1.82, 2.24) is 4.98 Å². The maximum absolute atomic E-state index is 5.79. The Balaban J connectivity index is 1.99. The molecule has 16 heavy (non-hydrogen) atoms. The summed E-state index contributed by atoms with van der Waals surface area (Å²) in [6, 6.07) is 11.9. The molecule has 2 aromatic rings. The van der Waals surface area contributed by atoms with Gasteiger partial charge in [-0.15, -0.1) is 0 Å². The second-order valence-electron chi connectivity index (χ2n) is 3.35. The quantitative estimate of drug-likeness (QED) is 0.862. The molecular formula is C12H10BrClN2. The van der Waals surface area contributed by atoms with Gasteiger partial charge in [-0.05, 0) is 29.8 Å². The highest BCUT2D eigenvalue weighted by atomic mass is 79.9. The van der Waals surface area contributed by atoms with Crippen molar-refractivity contribution in [2.45, 2.75) is 6.54 Å². The molecule has 1 N–H and O–H groups in total. The Labute approximate surface area is 108 Å². The summed E-state index contributed by atoms with van der Waals surface area (Å²) in [5.74, 6) is 0. The zero-order valence-electron chi connectivity index (χ0n) is 8.45. The summed E-state index contributed by atoms with van der Waals surface area (Å²) >= 11 is 9.19. The molecule has 82 valence electrons. The molecule has 0 atom stereocenters. The van der Waals surface area contributed by atoms with Gasteiger partial charge in [0, 0.05) is 22.9 Å². The summed E-state index contributed by atoms with van der Waals surface area (Å²) in [4.78, 5) is 3.93. The highest BCUT2D eigenvalue weighted by Crippen LogP contribution is 2.14. The van der Waals surface area contributed by atoms with Crippen LogP contribution in [0.3, 0.4) is 0 Å². The van der Waals surface area contributed by atoms with Crippen LogP contribution in [0.25, 0.3) is 0 Å². The average molecular weight is 298 g/mol. The minimum absolute atomic E-state index is 0.501. The number of hydrogen-bond acceptors (Lipinski definition) is 2. The number of rotatable bonds is 3. The van der Waals surface area contributed by atoms with Crippen molar-refractivity contribution in [1.29, 1.82) is 0 Å². The van der Waals surface area contributed by atoms with E-state index in [1.54, 1.807) is 12.3 Å². The highest BCUT2D eigenvalue weighted by molar-refractivity contribution is 9.10. The van der Waals surface area contributed by atoms with E-state index in [1.165, 1.54) is 5.56 Å². The van der Waals surface area contributed by atoms with Crippen LogP contribution < -0.4 is 5.32 Å². The standard InChI is InChI=1S/C12H10BrClN2/c13-10-3-1-9(2-4-10)8-16-11-5-6-15-12(14)7-11/h1-7H,8H2,(H,15,16). The topological polar surface area (TPSA) is 24.9 Å². The minimum Gasteiger partial charge on any atom is -0.381 e. The molecule has 4 heteroatoms. The van der Waals surface area contributed by atoms with Gasteiger partial charge in [0.1, 0.15) is 5.15 Å². The number of pyridine rings is 1. The Kier molecular flexibility index (Phi) is 3.80. The maximum Gasteiger partial charge on any atom is 0.131 e. The maximum atomic E-state index is 5.79. The van der Waals surface area contributed by atoms with Crippen LogP contribution in [-0.4, -0.2) is 4.98 Å². The Morgan fingerprint density at radius 2 is 1.94 bits per heavy atom. The average Bonchev–Trinajstić information content (AvgIpc) is 2.28. The van der Waals surface area contributed by atoms with Crippen LogP contribution in [0.1, 0.15) is 5.56 Å². The molecule has 0 saturated heterocycles. The monoisotopic (exact) mass is 296 g/mol. The van der Waals surface area contributed by atoms with E-state index in [1.807, 2.05) is 18.2 Å². The third-order valence-corrected chi connectivity index (χ3v) is 2.87. The van der Waals surface area contributed by atoms with Crippen LogP contribution in [0.15, 0.2) is 47.1 Å². The van der Waals surface area contributed by atoms with Crippen molar-refractivity contribution in [3.05, 3.63) is 57.8 Å². The van der Waals surface area contributed by atoms with Crippen molar-refractivity contribution < 1.29 is 0 Å². The second-order valence-corrected chi connectivity index (χ2v) is 4.65. The summed E-state index contributed by atoms with van der Waals surface area (Å²) in [5, 5.41) is 3.78. The third kappa shape index (κ3) is 3.22. The first-order valence-electron chi connectivity index (χ1n) is 4.84. The van der Waals surface area contributed by atoms with Crippen molar-refractivity contribution in [3.8, 4) is 0 Å². The number of hydrogen-bond donors (Lipinski definition) is 1. The van der Waals surface area contributed by atoms with Gasteiger partial charge < -0.3 is 5.32 Å². The van der Waals surface area contributed by atoms with Gasteiger partial charge in [0.15, 0.2) is 0 Å². The molecule has 0 spiro atoms. The number of aromatic nitrogens is 1. The predicted octanol–water partition coefficient (Wildman–Crippen LogP) is 4.11. The molecule has 0 saturated carbocycles. The van der Waals surface area contributed by atoms with Crippen LogP contribution in [0.2, 0.25) is 5.15 Å². The summed E-state index contributed by atoms with van der Waals surface area (Å²) in [7, 11) is 0. The predicted molar refractivity (Wildman–Crippen MR) is 70.7 cm³/mol. The first-order valence-corrected chi connectivity index (χ1v) is 6.01. The number of anilines is 1. The molecule has 0 radical (unpaired) electrons. The number of halogens is 2. The lowest BCUT2D eigenvalue weighted by molar-refractivity contribution is 1.14. The van der Waals surface area contributed by atoms with Crippen molar-refractivity contribution in [3.63, 3.8) is 0 Å². The van der Waals surface area contributed by atoms with Crippen LogP contribution in [-0.2, 0) is 6.54 Å². The Hall–Kier alpha value is -1.06. The molecular weight excluding hydrogens is 288 g/mol. The van der Waals surface area contributed by atoms with Crippen molar-refractivity contribution in [2.24, 2.45) is 0 Å². The van der Waals surface area contributed by atoms with Gasteiger partial charge in [0.05, 0.1) is 0 Å². The van der Waals surface area contributed by atoms with E-state index in [2.05, 4.69) is 38.4 Å². The molecule has 1 aromatic carbocycles. The largest absolute Gasteiger partial charge is 0.381 e. The van der Waals surface area contributed by atoms with E-state index in [9.17, 15) is 0 Å². The van der Waals surface area contributed by atoms with Crippen LogP contribution in [0.4, 0.5) is 5.69 Å². The van der Waals surface area contributed by atoms with E-state index in [-0.39, 0.29) is 0 Å². The van der Waals surface area contributed by atoms with Crippen molar-refractivity contribution in [2.75, 3.05) is 5.32 Å². The second kappa shape index (κ2) is 5.32. The fraction of sp³-hybridized carbons (Fsp3) is 0.0833. The molecule has 0 unspecified atom stereocenters. The fourth-order valence-corrected chi connectivity index (χ4v) is 1.76. The number of nitrogens with zero attached hydrogens (tertiary/aromatic N) is 1. The van der Waals surface area contributed by atoms with E-state index in [0.717, 1.165) is 16.7 Å². The van der Waals surface area contributed by atoms with E-state index >= 15 is 0 Å². The highest BCUT2D eigenvalue weighted by Gasteiger charge is 1.95. The summed E-state index contributed by atoms with van der Waals surface area (Å²) < 4.78 is 1.09. The lowest BCUT2D eigenvalue weighted by atomic mass is 10.2. The van der Waals surface area contributed by atoms with Gasteiger partial charge in [0.25, 0.3) is 0 Å². The van der Waals surface area contributed by atoms with E-state index in [4.69, 9.17) is 11.6 Å². The molecule has 0 amide bonds. The normalized spacial score (nSPS) is 10.1. The Morgan fingerprint density at radius 1 is 1.19 bits per heavy atom. The van der Waals surface area contributed by atoms with Crippen LogP contribution in [0.5, 0.6) is 0 Å². The first kappa shape index (κ1) is 11.4. The molecule has 1 aromatic heterocycles. The molecule has 0 bridgehead atoms. The fourth-order valence-electron chi connectivity index (χ4n) is 1.32. The van der Waals surface area contributed by atoms with Gasteiger partial charge >= 0.3 is 0 Å². The SMILES string of the molecule is Clc1cc(NCc2ccc(Br)cc2)ccn1. The molecule has 2 nitrogen and oxygen atoms in total. The molecule has 2 rings (SSSR count). The molecule has 1 heterocycles. The van der Waals surface area contributed by atoms with Gasteiger partial charge in [-0.2, -0.15) is 0 Å². The summed E-state index contributed by atoms with van der Waals surface area (Å²) in [5.41, 5.74) is 2.19. The van der Waals surface area contributed by atoms with Crippen LogP contribution in [0, 0.1) is 0 Å². The zero-order chi connectivity index (χ0) is 11.4. The number of nitrogens with one attached hydrogen (secondary N) is 1. The summed E-state index contributed by atoms with van der Waals surface area (Å²) in [6.07, 6.45) is 1.69. The third-order valence-electron chi connectivity index (χ3n) is 2.14. The first-order chi connectivity index (χ1) is 7.74. The minimum atomic E-state index is 0.501. The Bertz CT molecular complexity index is 471. The molecule has 0 aliphatic carbocycles. The van der Waals surface area contributed by atoms with Gasteiger partial charge in [-0.3, -0.25) is 0 Å². The lowest BCUT2D eigenvalue weighted by Gasteiger charge is -2.06. The molecule has 0 fully saturated rings. The molecule has 0 aliphatic heterocycles. The zero-order valence-corrected chi connectivity index (χ0v) is 10.8. The van der Waals surface area contributed by atoms with E-state index < -0.39 is 0 Å². The van der Waals surface area contributed by atoms with Crippen molar-refractivity contribution >= 4 is 33.2 Å². The van der Waals surface area contributed by atoms with E-state index in [0.29, 0.717) is 5.15 Å². The van der Waals surface area contributed by atoms with Crippen LogP contribution >= 0.6 is 27.5 Å². The van der Waals surface area contributed by atoms with Gasteiger partial charge in [-0.1, -0.05) is 39.7 Å². The lowest BCUT2D eigenvalue weighted by Crippen LogP contribution is -1.99. The smallest absolute Gasteiger partial charge is 0.131 e.